The average molecular weight is 509 g/mol. The minimum atomic E-state index is 0.492. The van der Waals surface area contributed by atoms with Gasteiger partial charge in [0.05, 0.1) is 45.6 Å². The second kappa shape index (κ2) is 8.33. The molecule has 0 bridgehead atoms. The quantitative estimate of drug-likeness (QED) is 0.214. The van der Waals surface area contributed by atoms with Crippen molar-refractivity contribution in [3.8, 4) is 17.4 Å². The van der Waals surface area contributed by atoms with E-state index in [0.29, 0.717) is 22.6 Å². The molecule has 6 aromatic carbocycles. The Labute approximate surface area is 230 Å². The normalized spacial score (nSPS) is 11.4. The van der Waals surface area contributed by atoms with E-state index in [1.165, 1.54) is 0 Å². The first-order valence-corrected chi connectivity index (χ1v) is 13.1. The number of benzene rings is 6. The molecule has 8 aromatic rings. The van der Waals surface area contributed by atoms with Crippen molar-refractivity contribution in [2.24, 2.45) is 0 Å². The SMILES string of the molecule is [C-]#[N+]c1ccc(C#N)c(-n2c3ccccc3c3ccccc32)c1-n1c2ccccc2c2c3ccccc3ccc21. The van der Waals surface area contributed by atoms with Crippen LogP contribution in [-0.2, 0) is 0 Å². The van der Waals surface area contributed by atoms with Gasteiger partial charge in [-0.2, -0.15) is 5.26 Å². The van der Waals surface area contributed by atoms with E-state index in [4.69, 9.17) is 6.57 Å². The first kappa shape index (κ1) is 22.2. The first-order valence-electron chi connectivity index (χ1n) is 13.1. The molecule has 0 saturated carbocycles. The highest BCUT2D eigenvalue weighted by Gasteiger charge is 2.24. The molecule has 0 saturated heterocycles. The van der Waals surface area contributed by atoms with Gasteiger partial charge in [-0.3, -0.25) is 0 Å². The van der Waals surface area contributed by atoms with E-state index in [9.17, 15) is 5.26 Å². The van der Waals surface area contributed by atoms with E-state index < -0.39 is 0 Å². The largest absolute Gasteiger partial charge is 0.317 e. The second-order valence-corrected chi connectivity index (χ2v) is 9.96. The van der Waals surface area contributed by atoms with Crippen molar-refractivity contribution in [2.45, 2.75) is 0 Å². The third kappa shape index (κ3) is 2.88. The van der Waals surface area contributed by atoms with E-state index in [1.807, 2.05) is 30.3 Å². The van der Waals surface area contributed by atoms with Crippen LogP contribution in [0.5, 0.6) is 0 Å². The van der Waals surface area contributed by atoms with Crippen molar-refractivity contribution >= 4 is 60.1 Å². The van der Waals surface area contributed by atoms with Gasteiger partial charge in [-0.25, -0.2) is 4.85 Å². The lowest BCUT2D eigenvalue weighted by Crippen LogP contribution is -2.06. The van der Waals surface area contributed by atoms with Crippen LogP contribution in [0.2, 0.25) is 0 Å². The van der Waals surface area contributed by atoms with Crippen LogP contribution in [0, 0.1) is 17.9 Å². The van der Waals surface area contributed by atoms with Gasteiger partial charge in [-0.05, 0) is 35.0 Å². The maximum absolute atomic E-state index is 10.5. The third-order valence-electron chi connectivity index (χ3n) is 7.96. The topological polar surface area (TPSA) is 38.0 Å². The van der Waals surface area contributed by atoms with Crippen LogP contribution in [0.25, 0.3) is 70.6 Å². The Balaban J connectivity index is 1.64. The highest BCUT2D eigenvalue weighted by atomic mass is 15.1. The fraction of sp³-hybridized carbons (Fsp3) is 0. The smallest absolute Gasteiger partial charge is 0.212 e. The summed E-state index contributed by atoms with van der Waals surface area (Å²) in [6, 6.07) is 43.6. The molecule has 0 spiro atoms. The molecule has 0 amide bonds. The van der Waals surface area contributed by atoms with E-state index in [2.05, 4.69) is 98.9 Å². The molecule has 2 heterocycles. The summed E-state index contributed by atoms with van der Waals surface area (Å²) in [7, 11) is 0. The van der Waals surface area contributed by atoms with Crippen LogP contribution in [0.15, 0.2) is 121 Å². The van der Waals surface area contributed by atoms with Gasteiger partial charge in [-0.15, -0.1) is 0 Å². The molecular weight excluding hydrogens is 488 g/mol. The molecule has 0 fully saturated rings. The molecule has 0 aliphatic rings. The zero-order valence-corrected chi connectivity index (χ0v) is 21.3. The average Bonchev–Trinajstić information content (AvgIpc) is 3.53. The summed E-state index contributed by atoms with van der Waals surface area (Å²) >= 11 is 0. The lowest BCUT2D eigenvalue weighted by molar-refractivity contribution is 1.09. The number of aromatic nitrogens is 2. The Bertz CT molecular complexity index is 2350. The highest BCUT2D eigenvalue weighted by molar-refractivity contribution is 6.22. The van der Waals surface area contributed by atoms with Crippen LogP contribution >= 0.6 is 0 Å². The number of fused-ring (bicyclic) bond motifs is 8. The van der Waals surface area contributed by atoms with E-state index in [1.54, 1.807) is 12.1 Å². The van der Waals surface area contributed by atoms with Crippen LogP contribution in [0.3, 0.4) is 0 Å². The van der Waals surface area contributed by atoms with Gasteiger partial charge in [-0.1, -0.05) is 97.1 Å². The standard InChI is InChI=1S/C36H20N4/c1-38-29-20-18-24(22-37)35(39-30-15-7-4-12-26(30)27-13-5-8-16-31(27)39)36(29)40-32-17-9-6-14-28(32)34-25-11-3-2-10-23(25)19-21-33(34)40/h2-21H. The molecule has 0 N–H and O–H groups in total. The van der Waals surface area contributed by atoms with Gasteiger partial charge in [0.2, 0.25) is 5.69 Å². The van der Waals surface area contributed by atoms with Crippen LogP contribution in [0.4, 0.5) is 5.69 Å². The maximum Gasteiger partial charge on any atom is 0.212 e. The summed E-state index contributed by atoms with van der Waals surface area (Å²) in [5.74, 6) is 0. The Hall–Kier alpha value is -5.84. The van der Waals surface area contributed by atoms with Crippen molar-refractivity contribution < 1.29 is 0 Å². The van der Waals surface area contributed by atoms with Crippen molar-refractivity contribution in [3.63, 3.8) is 0 Å². The molecule has 184 valence electrons. The highest BCUT2D eigenvalue weighted by Crippen LogP contribution is 2.44. The van der Waals surface area contributed by atoms with E-state index in [0.717, 1.165) is 54.4 Å². The summed E-state index contributed by atoms with van der Waals surface area (Å²) in [4.78, 5) is 4.01. The Morgan fingerprint density at radius 2 is 1.07 bits per heavy atom. The monoisotopic (exact) mass is 508 g/mol. The summed E-state index contributed by atoms with van der Waals surface area (Å²) in [5.41, 5.74) is 6.42. The van der Waals surface area contributed by atoms with Gasteiger partial charge in [0.15, 0.2) is 0 Å². The molecule has 8 rings (SSSR count). The zero-order chi connectivity index (χ0) is 26.8. The van der Waals surface area contributed by atoms with Crippen LogP contribution < -0.4 is 0 Å². The lowest BCUT2D eigenvalue weighted by Gasteiger charge is -2.19. The molecule has 0 aliphatic carbocycles. The number of nitriles is 1. The van der Waals surface area contributed by atoms with Crippen LogP contribution in [-0.4, -0.2) is 9.13 Å². The minimum Gasteiger partial charge on any atom is -0.317 e. The van der Waals surface area contributed by atoms with E-state index >= 15 is 0 Å². The molecule has 4 nitrogen and oxygen atoms in total. The van der Waals surface area contributed by atoms with Crippen molar-refractivity contribution in [1.82, 2.24) is 9.13 Å². The predicted molar refractivity (Wildman–Crippen MR) is 164 cm³/mol. The minimum absolute atomic E-state index is 0.492. The third-order valence-corrected chi connectivity index (χ3v) is 7.96. The van der Waals surface area contributed by atoms with Crippen LogP contribution in [0.1, 0.15) is 5.56 Å². The molecule has 0 unspecified atom stereocenters. The lowest BCUT2D eigenvalue weighted by atomic mass is 10.0. The fourth-order valence-electron chi connectivity index (χ4n) is 6.34. The van der Waals surface area contributed by atoms with E-state index in [-0.39, 0.29) is 0 Å². The van der Waals surface area contributed by atoms with Gasteiger partial charge >= 0.3 is 0 Å². The van der Waals surface area contributed by atoms with Crippen molar-refractivity contribution in [3.05, 3.63) is 138 Å². The Kier molecular flexibility index (Phi) is 4.62. The fourth-order valence-corrected chi connectivity index (χ4v) is 6.34. The Morgan fingerprint density at radius 3 is 1.73 bits per heavy atom. The molecule has 0 aliphatic heterocycles. The molecule has 0 atom stereocenters. The summed E-state index contributed by atoms with van der Waals surface area (Å²) in [6.07, 6.45) is 0. The number of hydrogen-bond acceptors (Lipinski definition) is 1. The van der Waals surface area contributed by atoms with Gasteiger partial charge in [0.1, 0.15) is 6.07 Å². The molecule has 4 heteroatoms. The predicted octanol–water partition coefficient (Wildman–Crippen LogP) is 9.46. The molecule has 2 aromatic heterocycles. The van der Waals surface area contributed by atoms with Gasteiger partial charge < -0.3 is 9.13 Å². The second-order valence-electron chi connectivity index (χ2n) is 9.96. The number of nitrogens with zero attached hydrogens (tertiary/aromatic N) is 4. The molecular formula is C36H20N4. The van der Waals surface area contributed by atoms with Gasteiger partial charge in [0, 0.05) is 21.5 Å². The zero-order valence-electron chi connectivity index (χ0n) is 21.3. The number of rotatable bonds is 2. The van der Waals surface area contributed by atoms with Crippen molar-refractivity contribution in [1.29, 1.82) is 5.26 Å². The number of hydrogen-bond donors (Lipinski definition) is 0. The number of para-hydroxylation sites is 3. The molecule has 0 radical (unpaired) electrons. The molecule has 40 heavy (non-hydrogen) atoms. The van der Waals surface area contributed by atoms with Crippen molar-refractivity contribution in [2.75, 3.05) is 0 Å². The summed E-state index contributed by atoms with van der Waals surface area (Å²) in [5, 5.41) is 17.3. The Morgan fingerprint density at radius 1 is 0.525 bits per heavy atom. The summed E-state index contributed by atoms with van der Waals surface area (Å²) < 4.78 is 4.35. The first-order chi connectivity index (χ1) is 19.8. The maximum atomic E-state index is 10.5. The van der Waals surface area contributed by atoms with Gasteiger partial charge in [0.25, 0.3) is 0 Å². The summed E-state index contributed by atoms with van der Waals surface area (Å²) in [6.45, 7) is 8.23.